The van der Waals surface area contributed by atoms with Crippen LogP contribution in [0.25, 0.3) is 5.65 Å². The summed E-state index contributed by atoms with van der Waals surface area (Å²) in [5.41, 5.74) is 2.42. The predicted molar refractivity (Wildman–Crippen MR) is 131 cm³/mol. The number of aryl methyl sites for hydroxylation is 2. The third kappa shape index (κ3) is 5.16. The van der Waals surface area contributed by atoms with Crippen molar-refractivity contribution in [2.24, 2.45) is 13.0 Å². The van der Waals surface area contributed by atoms with Crippen LogP contribution in [-0.2, 0) is 11.8 Å². The molecular weight excluding hydrogens is 446 g/mol. The molecular formula is C25H27N7O3. The molecule has 1 aliphatic rings. The lowest BCUT2D eigenvalue weighted by Crippen LogP contribution is -2.24. The number of carbonyl (C=O) groups is 2. The molecule has 1 saturated carbocycles. The minimum absolute atomic E-state index is 0.0183. The molecule has 0 saturated heterocycles. The number of ether oxygens (including phenoxy) is 1. The highest BCUT2D eigenvalue weighted by Crippen LogP contribution is 2.26. The molecule has 1 aliphatic carbocycles. The van der Waals surface area contributed by atoms with Gasteiger partial charge in [-0.3, -0.25) is 14.3 Å². The zero-order chi connectivity index (χ0) is 24.4. The summed E-state index contributed by atoms with van der Waals surface area (Å²) in [6, 6.07) is 12.3. The second-order valence-corrected chi connectivity index (χ2v) is 8.80. The molecule has 1 fully saturated rings. The number of aromatic nitrogens is 5. The molecule has 10 heteroatoms. The smallest absolute Gasteiger partial charge is 0.273 e. The summed E-state index contributed by atoms with van der Waals surface area (Å²) in [4.78, 5) is 29.5. The molecule has 3 heterocycles. The fourth-order valence-corrected chi connectivity index (χ4v) is 4.35. The van der Waals surface area contributed by atoms with E-state index in [1.54, 1.807) is 64.9 Å². The monoisotopic (exact) mass is 473 g/mol. The van der Waals surface area contributed by atoms with Gasteiger partial charge in [0.15, 0.2) is 11.5 Å². The average Bonchev–Trinajstić information content (AvgIpc) is 3.40. The maximum Gasteiger partial charge on any atom is 0.273 e. The van der Waals surface area contributed by atoms with Crippen molar-refractivity contribution in [3.8, 4) is 11.6 Å². The number of rotatable bonds is 6. The summed E-state index contributed by atoms with van der Waals surface area (Å²) in [6.07, 6.45) is 6.92. The number of hydrogen-bond acceptors (Lipinski definition) is 6. The van der Waals surface area contributed by atoms with E-state index in [0.717, 1.165) is 31.4 Å². The molecule has 2 N–H and O–H groups in total. The van der Waals surface area contributed by atoms with Gasteiger partial charge in [0.05, 0.1) is 11.9 Å². The first kappa shape index (κ1) is 22.6. The first-order valence-corrected chi connectivity index (χ1v) is 11.7. The van der Waals surface area contributed by atoms with Gasteiger partial charge in [0, 0.05) is 30.8 Å². The van der Waals surface area contributed by atoms with Crippen LogP contribution in [0, 0.1) is 12.8 Å². The molecule has 10 nitrogen and oxygen atoms in total. The Kier molecular flexibility index (Phi) is 6.17. The highest BCUT2D eigenvalue weighted by atomic mass is 16.5. The Hall–Kier alpha value is -4.21. The Morgan fingerprint density at radius 2 is 1.86 bits per heavy atom. The molecule has 0 unspecified atom stereocenters. The first-order valence-electron chi connectivity index (χ1n) is 11.7. The molecule has 0 radical (unpaired) electrons. The fourth-order valence-electron chi connectivity index (χ4n) is 4.35. The van der Waals surface area contributed by atoms with Gasteiger partial charge in [0.2, 0.25) is 11.8 Å². The number of imidazole rings is 1. The molecule has 1 aromatic carbocycles. The Morgan fingerprint density at radius 1 is 1.03 bits per heavy atom. The van der Waals surface area contributed by atoms with Crippen LogP contribution in [0.5, 0.6) is 11.6 Å². The van der Waals surface area contributed by atoms with E-state index < -0.39 is 0 Å². The number of anilines is 2. The summed E-state index contributed by atoms with van der Waals surface area (Å²) in [7, 11) is 1.73. The van der Waals surface area contributed by atoms with Crippen LogP contribution in [-0.4, -0.2) is 36.2 Å². The minimum Gasteiger partial charge on any atom is -0.438 e. The molecule has 35 heavy (non-hydrogen) atoms. The van der Waals surface area contributed by atoms with Gasteiger partial charge in [-0.2, -0.15) is 5.10 Å². The van der Waals surface area contributed by atoms with Crippen molar-refractivity contribution >= 4 is 29.0 Å². The summed E-state index contributed by atoms with van der Waals surface area (Å²) in [5.74, 6) is 1.15. The van der Waals surface area contributed by atoms with Crippen LogP contribution in [0.3, 0.4) is 0 Å². The summed E-state index contributed by atoms with van der Waals surface area (Å²) in [5, 5.41) is 14.4. The van der Waals surface area contributed by atoms with Crippen molar-refractivity contribution in [3.63, 3.8) is 0 Å². The van der Waals surface area contributed by atoms with Crippen LogP contribution >= 0.6 is 0 Å². The highest BCUT2D eigenvalue weighted by molar-refractivity contribution is 6.03. The molecule has 180 valence electrons. The quantitative estimate of drug-likeness (QED) is 0.431. The molecule has 0 bridgehead atoms. The zero-order valence-electron chi connectivity index (χ0n) is 19.7. The standard InChI is InChI=1S/C25H27N7O3/c1-16-13-20(31(2)29-16)25(34)26-18-9-6-10-19(14-18)35-23-12-11-22-27-21(15-32(22)30-23)28-24(33)17-7-4-3-5-8-17/h6,9-15,17H,3-5,7-8H2,1-2H3,(H,26,34)(H,28,33). The third-order valence-corrected chi connectivity index (χ3v) is 6.07. The van der Waals surface area contributed by atoms with Gasteiger partial charge >= 0.3 is 0 Å². The normalized spacial score (nSPS) is 14.1. The van der Waals surface area contributed by atoms with Gasteiger partial charge in [-0.1, -0.05) is 25.3 Å². The number of carbonyl (C=O) groups excluding carboxylic acids is 2. The van der Waals surface area contributed by atoms with Crippen LogP contribution in [0.15, 0.2) is 48.7 Å². The number of fused-ring (bicyclic) bond motifs is 1. The Balaban J connectivity index is 1.26. The third-order valence-electron chi connectivity index (χ3n) is 6.07. The van der Waals surface area contributed by atoms with Crippen molar-refractivity contribution in [2.45, 2.75) is 39.0 Å². The summed E-state index contributed by atoms with van der Waals surface area (Å²) in [6.45, 7) is 1.84. The van der Waals surface area contributed by atoms with Crippen molar-refractivity contribution in [1.82, 2.24) is 24.4 Å². The van der Waals surface area contributed by atoms with E-state index in [2.05, 4.69) is 25.8 Å². The predicted octanol–water partition coefficient (Wildman–Crippen LogP) is 4.33. The molecule has 0 aliphatic heterocycles. The Morgan fingerprint density at radius 3 is 2.63 bits per heavy atom. The number of hydrogen-bond donors (Lipinski definition) is 2. The summed E-state index contributed by atoms with van der Waals surface area (Å²) >= 11 is 0. The number of amides is 2. The van der Waals surface area contributed by atoms with Gasteiger partial charge in [0.1, 0.15) is 11.4 Å². The lowest BCUT2D eigenvalue weighted by atomic mass is 9.89. The minimum atomic E-state index is -0.258. The van der Waals surface area contributed by atoms with Crippen molar-refractivity contribution in [1.29, 1.82) is 0 Å². The van der Waals surface area contributed by atoms with E-state index >= 15 is 0 Å². The first-order chi connectivity index (χ1) is 16.9. The number of nitrogens with zero attached hydrogens (tertiary/aromatic N) is 5. The van der Waals surface area contributed by atoms with Crippen molar-refractivity contribution in [2.75, 3.05) is 10.6 Å². The van der Waals surface area contributed by atoms with Crippen LogP contribution in [0.1, 0.15) is 48.3 Å². The fraction of sp³-hybridized carbons (Fsp3) is 0.320. The average molecular weight is 474 g/mol. The molecule has 0 atom stereocenters. The number of nitrogens with one attached hydrogen (secondary N) is 2. The SMILES string of the molecule is Cc1cc(C(=O)Nc2cccc(Oc3ccc4nc(NC(=O)C5CCCCC5)cn4n3)c2)n(C)n1. The largest absolute Gasteiger partial charge is 0.438 e. The maximum absolute atomic E-state index is 12.6. The van der Waals surface area contributed by atoms with Crippen molar-refractivity contribution in [3.05, 3.63) is 60.0 Å². The highest BCUT2D eigenvalue weighted by Gasteiger charge is 2.22. The van der Waals surface area contributed by atoms with E-state index in [1.165, 1.54) is 6.42 Å². The van der Waals surface area contributed by atoms with E-state index in [9.17, 15) is 9.59 Å². The van der Waals surface area contributed by atoms with Gasteiger partial charge in [-0.15, -0.1) is 5.10 Å². The lowest BCUT2D eigenvalue weighted by Gasteiger charge is -2.19. The van der Waals surface area contributed by atoms with E-state index in [4.69, 9.17) is 4.74 Å². The van der Waals surface area contributed by atoms with Gasteiger partial charge < -0.3 is 15.4 Å². The molecule has 5 rings (SSSR count). The van der Waals surface area contributed by atoms with Crippen LogP contribution in [0.2, 0.25) is 0 Å². The van der Waals surface area contributed by atoms with E-state index in [0.29, 0.717) is 34.5 Å². The second kappa shape index (κ2) is 9.57. The van der Waals surface area contributed by atoms with Crippen LogP contribution < -0.4 is 15.4 Å². The van der Waals surface area contributed by atoms with Gasteiger partial charge in [-0.05, 0) is 44.0 Å². The topological polar surface area (TPSA) is 115 Å². The van der Waals surface area contributed by atoms with Gasteiger partial charge in [0.25, 0.3) is 5.91 Å². The van der Waals surface area contributed by atoms with E-state index in [1.807, 2.05) is 6.92 Å². The van der Waals surface area contributed by atoms with Crippen LogP contribution in [0.4, 0.5) is 11.5 Å². The number of benzene rings is 1. The van der Waals surface area contributed by atoms with Crippen molar-refractivity contribution < 1.29 is 14.3 Å². The molecule has 3 aromatic heterocycles. The molecule has 0 spiro atoms. The summed E-state index contributed by atoms with van der Waals surface area (Å²) < 4.78 is 9.03. The van der Waals surface area contributed by atoms with E-state index in [-0.39, 0.29) is 17.7 Å². The lowest BCUT2D eigenvalue weighted by molar-refractivity contribution is -0.120. The second-order valence-electron chi connectivity index (χ2n) is 8.80. The molecule has 2 amide bonds. The Labute approximate surface area is 202 Å². The zero-order valence-corrected chi connectivity index (χ0v) is 19.7. The molecule has 4 aromatic rings. The maximum atomic E-state index is 12.6. The Bertz CT molecular complexity index is 1380. The van der Waals surface area contributed by atoms with Gasteiger partial charge in [-0.25, -0.2) is 9.50 Å².